The number of para-hydroxylation sites is 1. The van der Waals surface area contributed by atoms with Crippen LogP contribution in [0.3, 0.4) is 0 Å². The van der Waals surface area contributed by atoms with E-state index in [1.54, 1.807) is 10.9 Å². The van der Waals surface area contributed by atoms with Gasteiger partial charge in [-0.3, -0.25) is 4.79 Å². The van der Waals surface area contributed by atoms with Crippen molar-refractivity contribution in [2.75, 3.05) is 18.4 Å². The fourth-order valence-electron chi connectivity index (χ4n) is 3.62. The lowest BCUT2D eigenvalue weighted by molar-refractivity contribution is -0.131. The molecule has 8 heteroatoms. The molecule has 1 aliphatic heterocycles. The lowest BCUT2D eigenvalue weighted by Crippen LogP contribution is -2.47. The number of likely N-dealkylation sites (tertiary alicyclic amines) is 1. The van der Waals surface area contributed by atoms with Crippen LogP contribution in [0.4, 0.5) is 14.9 Å². The van der Waals surface area contributed by atoms with Crippen molar-refractivity contribution >= 4 is 17.6 Å². The lowest BCUT2D eigenvalue weighted by atomic mass is 10.0. The fourth-order valence-corrected chi connectivity index (χ4v) is 3.62. The van der Waals surface area contributed by atoms with Crippen molar-refractivity contribution in [3.05, 3.63) is 78.4 Å². The van der Waals surface area contributed by atoms with E-state index in [0.717, 1.165) is 11.3 Å². The van der Waals surface area contributed by atoms with Crippen LogP contribution in [-0.4, -0.2) is 45.8 Å². The summed E-state index contributed by atoms with van der Waals surface area (Å²) in [5.41, 5.74) is 2.35. The minimum Gasteiger partial charge on any atom is -0.342 e. The van der Waals surface area contributed by atoms with Crippen LogP contribution >= 0.6 is 0 Å². The number of piperidine rings is 1. The molecule has 2 aromatic carbocycles. The van der Waals surface area contributed by atoms with Crippen molar-refractivity contribution in [3.63, 3.8) is 0 Å². The van der Waals surface area contributed by atoms with Gasteiger partial charge in [-0.2, -0.15) is 5.10 Å². The topological polar surface area (TPSA) is 79.3 Å². The summed E-state index contributed by atoms with van der Waals surface area (Å²) in [6, 6.07) is 15.0. The van der Waals surface area contributed by atoms with E-state index in [0.29, 0.717) is 38.0 Å². The second-order valence-electron chi connectivity index (χ2n) is 7.57. The van der Waals surface area contributed by atoms with Crippen LogP contribution < -0.4 is 10.6 Å². The maximum atomic E-state index is 13.0. The summed E-state index contributed by atoms with van der Waals surface area (Å²) in [5.74, 6) is -0.294. The number of benzene rings is 2. The van der Waals surface area contributed by atoms with Gasteiger partial charge in [0.2, 0.25) is 5.91 Å². The third kappa shape index (κ3) is 5.48. The maximum absolute atomic E-state index is 13.0. The van der Waals surface area contributed by atoms with Crippen LogP contribution in [0.5, 0.6) is 0 Å². The van der Waals surface area contributed by atoms with E-state index in [2.05, 4.69) is 15.7 Å². The number of rotatable bonds is 5. The predicted octanol–water partition coefficient (Wildman–Crippen LogP) is 3.37. The van der Waals surface area contributed by atoms with E-state index < -0.39 is 0 Å². The van der Waals surface area contributed by atoms with Gasteiger partial charge in [-0.1, -0.05) is 18.2 Å². The van der Waals surface area contributed by atoms with E-state index in [4.69, 9.17) is 0 Å². The van der Waals surface area contributed by atoms with Crippen LogP contribution in [0.15, 0.2) is 67.0 Å². The second kappa shape index (κ2) is 9.42. The molecule has 0 aliphatic carbocycles. The zero-order valence-corrected chi connectivity index (χ0v) is 17.0. The van der Waals surface area contributed by atoms with Crippen LogP contribution in [-0.2, 0) is 11.2 Å². The van der Waals surface area contributed by atoms with Gasteiger partial charge in [0, 0.05) is 31.0 Å². The summed E-state index contributed by atoms with van der Waals surface area (Å²) in [7, 11) is 0. The van der Waals surface area contributed by atoms with E-state index in [9.17, 15) is 14.0 Å². The molecule has 31 heavy (non-hydrogen) atoms. The molecule has 3 amide bonds. The van der Waals surface area contributed by atoms with Gasteiger partial charge in [-0.15, -0.1) is 0 Å². The Morgan fingerprint density at radius 1 is 1.03 bits per heavy atom. The van der Waals surface area contributed by atoms with E-state index >= 15 is 0 Å². The summed E-state index contributed by atoms with van der Waals surface area (Å²) in [4.78, 5) is 26.6. The molecule has 160 valence electrons. The number of nitrogens with zero attached hydrogens (tertiary/aromatic N) is 3. The Morgan fingerprint density at radius 3 is 2.45 bits per heavy atom. The highest BCUT2D eigenvalue weighted by molar-refractivity contribution is 5.89. The zero-order valence-electron chi connectivity index (χ0n) is 17.0. The predicted molar refractivity (Wildman–Crippen MR) is 115 cm³/mol. The van der Waals surface area contributed by atoms with Crippen molar-refractivity contribution < 1.29 is 14.0 Å². The summed E-state index contributed by atoms with van der Waals surface area (Å²) >= 11 is 0. The average Bonchev–Trinajstić information content (AvgIpc) is 3.25. The van der Waals surface area contributed by atoms with Crippen molar-refractivity contribution in [2.45, 2.75) is 25.3 Å². The van der Waals surface area contributed by atoms with Crippen LogP contribution in [0.1, 0.15) is 18.4 Å². The fraction of sp³-hybridized carbons (Fsp3) is 0.261. The molecule has 1 aliphatic rings. The molecule has 2 N–H and O–H groups in total. The molecule has 0 unspecified atom stereocenters. The number of aromatic nitrogens is 2. The van der Waals surface area contributed by atoms with Crippen LogP contribution in [0.2, 0.25) is 0 Å². The third-order valence-corrected chi connectivity index (χ3v) is 5.30. The molecule has 0 spiro atoms. The van der Waals surface area contributed by atoms with E-state index in [1.807, 2.05) is 41.4 Å². The number of hydrogen-bond acceptors (Lipinski definition) is 3. The normalized spacial score (nSPS) is 14.3. The largest absolute Gasteiger partial charge is 0.342 e. The molecule has 1 fully saturated rings. The molecular weight excluding hydrogens is 397 g/mol. The number of urea groups is 1. The van der Waals surface area contributed by atoms with Gasteiger partial charge in [0.05, 0.1) is 18.3 Å². The number of carbonyl (C=O) groups is 2. The van der Waals surface area contributed by atoms with E-state index in [1.165, 1.54) is 24.3 Å². The standard InChI is InChI=1S/C23H24FN5O2/c24-18-6-8-19(9-7-18)26-23(31)27-20-10-12-28(13-11-20)22(30)14-17-15-25-29(16-17)21-4-2-1-3-5-21/h1-9,15-16,20H,10-14H2,(H2,26,27,31). The number of halogens is 1. The van der Waals surface area contributed by atoms with Gasteiger partial charge in [-0.25, -0.2) is 13.9 Å². The smallest absolute Gasteiger partial charge is 0.319 e. The van der Waals surface area contributed by atoms with Gasteiger partial charge in [0.25, 0.3) is 0 Å². The number of amides is 3. The SMILES string of the molecule is O=C(Nc1ccc(F)cc1)NC1CCN(C(=O)Cc2cnn(-c3ccccc3)c2)CC1. The third-order valence-electron chi connectivity index (χ3n) is 5.30. The Bertz CT molecular complexity index is 1030. The summed E-state index contributed by atoms with van der Waals surface area (Å²) < 4.78 is 14.7. The Morgan fingerprint density at radius 2 is 1.74 bits per heavy atom. The monoisotopic (exact) mass is 421 g/mol. The second-order valence-corrected chi connectivity index (χ2v) is 7.57. The number of nitrogens with one attached hydrogen (secondary N) is 2. The quantitative estimate of drug-likeness (QED) is 0.663. The first-order chi connectivity index (χ1) is 15.1. The molecule has 4 rings (SSSR count). The highest BCUT2D eigenvalue weighted by atomic mass is 19.1. The molecule has 0 saturated carbocycles. The van der Waals surface area contributed by atoms with Crippen LogP contribution in [0.25, 0.3) is 5.69 Å². The Kier molecular flexibility index (Phi) is 6.26. The molecule has 2 heterocycles. The van der Waals surface area contributed by atoms with Gasteiger partial charge in [0.15, 0.2) is 0 Å². The van der Waals surface area contributed by atoms with Crippen molar-refractivity contribution in [2.24, 2.45) is 0 Å². The van der Waals surface area contributed by atoms with Gasteiger partial charge >= 0.3 is 6.03 Å². The molecule has 1 aromatic heterocycles. The highest BCUT2D eigenvalue weighted by Crippen LogP contribution is 2.14. The average molecular weight is 421 g/mol. The van der Waals surface area contributed by atoms with Crippen LogP contribution in [0, 0.1) is 5.82 Å². The molecule has 0 radical (unpaired) electrons. The maximum Gasteiger partial charge on any atom is 0.319 e. The Labute approximate surface area is 179 Å². The molecular formula is C23H24FN5O2. The first-order valence-electron chi connectivity index (χ1n) is 10.3. The molecule has 1 saturated heterocycles. The Balaban J connectivity index is 1.23. The number of carbonyl (C=O) groups excluding carboxylic acids is 2. The van der Waals surface area contributed by atoms with Crippen molar-refractivity contribution in [3.8, 4) is 5.69 Å². The summed E-state index contributed by atoms with van der Waals surface area (Å²) in [5, 5.41) is 9.95. The minimum atomic E-state index is -0.351. The highest BCUT2D eigenvalue weighted by Gasteiger charge is 2.24. The van der Waals surface area contributed by atoms with E-state index in [-0.39, 0.29) is 23.8 Å². The number of hydrogen-bond donors (Lipinski definition) is 2. The molecule has 3 aromatic rings. The molecule has 7 nitrogen and oxygen atoms in total. The minimum absolute atomic E-state index is 0.00895. The van der Waals surface area contributed by atoms with Gasteiger partial charge in [-0.05, 0) is 54.8 Å². The first-order valence-corrected chi connectivity index (χ1v) is 10.3. The van der Waals surface area contributed by atoms with Gasteiger partial charge in [0.1, 0.15) is 5.82 Å². The van der Waals surface area contributed by atoms with Crippen molar-refractivity contribution in [1.29, 1.82) is 0 Å². The number of anilines is 1. The lowest BCUT2D eigenvalue weighted by Gasteiger charge is -2.32. The zero-order chi connectivity index (χ0) is 21.6. The summed E-state index contributed by atoms with van der Waals surface area (Å²) in [6.07, 6.45) is 5.27. The first kappa shape index (κ1) is 20.6. The summed E-state index contributed by atoms with van der Waals surface area (Å²) in [6.45, 7) is 1.18. The van der Waals surface area contributed by atoms with Crippen molar-refractivity contribution in [1.82, 2.24) is 20.0 Å². The molecule has 0 bridgehead atoms. The Hall–Kier alpha value is -3.68. The molecule has 0 atom stereocenters. The van der Waals surface area contributed by atoms with Gasteiger partial charge < -0.3 is 15.5 Å².